The van der Waals surface area contributed by atoms with Gasteiger partial charge in [-0.3, -0.25) is 4.79 Å². The molecule has 0 aliphatic rings. The number of carbonyl (C=O) groups is 1. The van der Waals surface area contributed by atoms with Crippen LogP contribution in [0.5, 0.6) is 0 Å². The molecule has 0 fully saturated rings. The SMILES string of the molecule is CC(=O)NC(C)(C)c1ccn[c]n1. The summed E-state index contributed by atoms with van der Waals surface area (Å²) in [7, 11) is 0. The van der Waals surface area contributed by atoms with E-state index in [2.05, 4.69) is 21.6 Å². The van der Waals surface area contributed by atoms with Crippen LogP contribution < -0.4 is 5.32 Å². The predicted octanol–water partition coefficient (Wildman–Crippen LogP) is 0.648. The van der Waals surface area contributed by atoms with E-state index in [4.69, 9.17) is 0 Å². The Kier molecular flexibility index (Phi) is 2.60. The van der Waals surface area contributed by atoms with Gasteiger partial charge in [-0.2, -0.15) is 0 Å². The second-order valence-corrected chi connectivity index (χ2v) is 3.35. The van der Waals surface area contributed by atoms with E-state index in [1.54, 1.807) is 12.3 Å². The van der Waals surface area contributed by atoms with E-state index in [1.807, 2.05) is 13.8 Å². The monoisotopic (exact) mass is 178 g/mol. The van der Waals surface area contributed by atoms with Crippen molar-refractivity contribution in [3.8, 4) is 0 Å². The maximum absolute atomic E-state index is 10.9. The third-order valence-corrected chi connectivity index (χ3v) is 1.66. The molecule has 0 bridgehead atoms. The molecule has 0 spiro atoms. The minimum atomic E-state index is -0.467. The van der Waals surface area contributed by atoms with Crippen molar-refractivity contribution in [2.45, 2.75) is 26.3 Å². The summed E-state index contributed by atoms with van der Waals surface area (Å²) in [6.07, 6.45) is 4.09. The lowest BCUT2D eigenvalue weighted by atomic mass is 10.0. The molecule has 1 aromatic heterocycles. The Labute approximate surface area is 77.4 Å². The van der Waals surface area contributed by atoms with E-state index in [1.165, 1.54) is 6.92 Å². The van der Waals surface area contributed by atoms with Gasteiger partial charge in [0.05, 0.1) is 11.2 Å². The van der Waals surface area contributed by atoms with Gasteiger partial charge in [0, 0.05) is 13.1 Å². The first-order valence-corrected chi connectivity index (χ1v) is 4.01. The molecular formula is C9H12N3O. The molecule has 1 radical (unpaired) electrons. The molecular weight excluding hydrogens is 166 g/mol. The zero-order chi connectivity index (χ0) is 9.90. The fourth-order valence-corrected chi connectivity index (χ4v) is 1.11. The van der Waals surface area contributed by atoms with Crippen LogP contribution in [0.2, 0.25) is 0 Å². The van der Waals surface area contributed by atoms with Crippen LogP contribution in [-0.4, -0.2) is 15.9 Å². The number of carbonyl (C=O) groups excluding carboxylic acids is 1. The van der Waals surface area contributed by atoms with Crippen LogP contribution in [0.4, 0.5) is 0 Å². The molecule has 0 aromatic carbocycles. The molecule has 0 saturated heterocycles. The van der Waals surface area contributed by atoms with Crippen molar-refractivity contribution in [1.29, 1.82) is 0 Å². The number of aromatic nitrogens is 2. The molecule has 0 atom stereocenters. The van der Waals surface area contributed by atoms with Gasteiger partial charge in [-0.25, -0.2) is 9.97 Å². The Morgan fingerprint density at radius 2 is 2.31 bits per heavy atom. The summed E-state index contributed by atoms with van der Waals surface area (Å²) in [5.74, 6) is -0.0800. The number of rotatable bonds is 2. The van der Waals surface area contributed by atoms with Gasteiger partial charge >= 0.3 is 0 Å². The molecule has 1 N–H and O–H groups in total. The van der Waals surface area contributed by atoms with Gasteiger partial charge in [0.1, 0.15) is 0 Å². The van der Waals surface area contributed by atoms with Crippen molar-refractivity contribution in [2.75, 3.05) is 0 Å². The Morgan fingerprint density at radius 1 is 1.62 bits per heavy atom. The van der Waals surface area contributed by atoms with Crippen molar-refractivity contribution in [2.24, 2.45) is 0 Å². The third kappa shape index (κ3) is 2.50. The van der Waals surface area contributed by atoms with Crippen LogP contribution in [0, 0.1) is 6.33 Å². The average molecular weight is 178 g/mol. The molecule has 1 heterocycles. The fraction of sp³-hybridized carbons (Fsp3) is 0.444. The molecule has 1 rings (SSSR count). The van der Waals surface area contributed by atoms with Crippen LogP contribution in [0.1, 0.15) is 26.5 Å². The van der Waals surface area contributed by atoms with E-state index in [0.29, 0.717) is 0 Å². The van der Waals surface area contributed by atoms with E-state index < -0.39 is 5.54 Å². The van der Waals surface area contributed by atoms with Crippen molar-refractivity contribution in [3.63, 3.8) is 0 Å². The quantitative estimate of drug-likeness (QED) is 0.723. The predicted molar refractivity (Wildman–Crippen MR) is 47.7 cm³/mol. The standard InChI is InChI=1S/C9H12N3O/c1-7(13)12-9(2,3)8-4-5-10-6-11-8/h4-5H,1-3H3,(H,12,13). The smallest absolute Gasteiger partial charge is 0.217 e. The first-order chi connectivity index (χ1) is 6.02. The van der Waals surface area contributed by atoms with Crippen LogP contribution in [0.3, 0.4) is 0 Å². The first-order valence-electron chi connectivity index (χ1n) is 4.01. The average Bonchev–Trinajstić information content (AvgIpc) is 2.04. The van der Waals surface area contributed by atoms with Crippen molar-refractivity contribution in [3.05, 3.63) is 24.3 Å². The Hall–Kier alpha value is -1.45. The van der Waals surface area contributed by atoms with Crippen molar-refractivity contribution >= 4 is 5.91 Å². The van der Waals surface area contributed by atoms with Gasteiger partial charge in [0.25, 0.3) is 0 Å². The summed E-state index contributed by atoms with van der Waals surface area (Å²) in [4.78, 5) is 18.5. The highest BCUT2D eigenvalue weighted by molar-refractivity contribution is 5.73. The molecule has 0 aliphatic heterocycles. The van der Waals surface area contributed by atoms with Crippen molar-refractivity contribution in [1.82, 2.24) is 15.3 Å². The van der Waals surface area contributed by atoms with E-state index in [0.717, 1.165) is 5.69 Å². The minimum Gasteiger partial charge on any atom is -0.346 e. The molecule has 4 nitrogen and oxygen atoms in total. The normalized spacial score (nSPS) is 11.0. The van der Waals surface area contributed by atoms with E-state index in [-0.39, 0.29) is 5.91 Å². The van der Waals surface area contributed by atoms with Crippen LogP contribution in [0.15, 0.2) is 12.3 Å². The number of amides is 1. The number of hydrogen-bond acceptors (Lipinski definition) is 3. The van der Waals surface area contributed by atoms with Gasteiger partial charge in [-0.05, 0) is 19.9 Å². The second-order valence-electron chi connectivity index (χ2n) is 3.35. The summed E-state index contributed by atoms with van der Waals surface area (Å²) in [6.45, 7) is 5.24. The molecule has 0 aliphatic carbocycles. The lowest BCUT2D eigenvalue weighted by Gasteiger charge is -2.24. The summed E-state index contributed by atoms with van der Waals surface area (Å²) in [5, 5.41) is 2.79. The molecule has 13 heavy (non-hydrogen) atoms. The van der Waals surface area contributed by atoms with E-state index in [9.17, 15) is 4.79 Å². The Bertz CT molecular complexity index is 295. The highest BCUT2D eigenvalue weighted by Crippen LogP contribution is 2.15. The summed E-state index contributed by atoms with van der Waals surface area (Å²) < 4.78 is 0. The van der Waals surface area contributed by atoms with Crippen molar-refractivity contribution < 1.29 is 4.79 Å². The molecule has 4 heteroatoms. The van der Waals surface area contributed by atoms with E-state index >= 15 is 0 Å². The number of nitrogens with zero attached hydrogens (tertiary/aromatic N) is 2. The molecule has 1 aromatic rings. The summed E-state index contributed by atoms with van der Waals surface area (Å²) >= 11 is 0. The zero-order valence-electron chi connectivity index (χ0n) is 7.96. The van der Waals surface area contributed by atoms with Gasteiger partial charge in [-0.1, -0.05) is 0 Å². The topological polar surface area (TPSA) is 54.9 Å². The fourth-order valence-electron chi connectivity index (χ4n) is 1.11. The molecule has 0 saturated carbocycles. The minimum absolute atomic E-state index is 0.0800. The lowest BCUT2D eigenvalue weighted by Crippen LogP contribution is -2.40. The van der Waals surface area contributed by atoms with Crippen LogP contribution in [-0.2, 0) is 10.3 Å². The number of nitrogens with one attached hydrogen (secondary N) is 1. The van der Waals surface area contributed by atoms with Crippen LogP contribution in [0.25, 0.3) is 0 Å². The molecule has 69 valence electrons. The second kappa shape index (κ2) is 3.51. The maximum Gasteiger partial charge on any atom is 0.217 e. The van der Waals surface area contributed by atoms with Gasteiger partial charge in [0.15, 0.2) is 6.33 Å². The lowest BCUT2D eigenvalue weighted by molar-refractivity contribution is -0.120. The Morgan fingerprint density at radius 3 is 2.77 bits per heavy atom. The van der Waals surface area contributed by atoms with Gasteiger partial charge in [0.2, 0.25) is 5.91 Å². The van der Waals surface area contributed by atoms with Crippen LogP contribution >= 0.6 is 0 Å². The highest BCUT2D eigenvalue weighted by Gasteiger charge is 2.22. The largest absolute Gasteiger partial charge is 0.346 e. The molecule has 0 unspecified atom stereocenters. The number of hydrogen-bond donors (Lipinski definition) is 1. The Balaban J connectivity index is 2.87. The highest BCUT2D eigenvalue weighted by atomic mass is 16.1. The first kappa shape index (κ1) is 9.64. The zero-order valence-corrected chi connectivity index (χ0v) is 7.96. The summed E-state index contributed by atoms with van der Waals surface area (Å²) in [5.41, 5.74) is 0.281. The molecule has 1 amide bonds. The summed E-state index contributed by atoms with van der Waals surface area (Å²) in [6, 6.07) is 1.76. The van der Waals surface area contributed by atoms with Gasteiger partial charge < -0.3 is 5.32 Å². The third-order valence-electron chi connectivity index (χ3n) is 1.66. The van der Waals surface area contributed by atoms with Gasteiger partial charge in [-0.15, -0.1) is 0 Å². The maximum atomic E-state index is 10.9.